The zero-order chi connectivity index (χ0) is 14.1. The Morgan fingerprint density at radius 3 is 1.81 bits per heavy atom. The molecule has 1 fully saturated rings. The highest BCUT2D eigenvalue weighted by molar-refractivity contribution is 8.03. The maximum absolute atomic E-state index is 4.88. The second kappa shape index (κ2) is 6.17. The lowest BCUT2D eigenvalue weighted by Gasteiger charge is -2.27. The van der Waals surface area contributed by atoms with Crippen LogP contribution in [0.5, 0.6) is 0 Å². The number of para-hydroxylation sites is 2. The van der Waals surface area contributed by atoms with Crippen molar-refractivity contribution in [1.29, 1.82) is 0 Å². The Labute approximate surface area is 134 Å². The average Bonchev–Trinajstić information content (AvgIpc) is 2.73. The number of nitrogens with zero attached hydrogens (tertiary/aromatic N) is 2. The van der Waals surface area contributed by atoms with E-state index in [1.54, 1.807) is 0 Å². The highest BCUT2D eigenvalue weighted by Gasteiger charge is 2.27. The third kappa shape index (κ3) is 2.93. The van der Waals surface area contributed by atoms with Crippen molar-refractivity contribution >= 4 is 34.6 Å². The van der Waals surface area contributed by atoms with Gasteiger partial charge in [0.15, 0.2) is 0 Å². The van der Waals surface area contributed by atoms with Crippen molar-refractivity contribution in [2.75, 3.05) is 0 Å². The molecule has 0 saturated heterocycles. The topological polar surface area (TPSA) is 25.8 Å². The Morgan fingerprint density at radius 2 is 1.29 bits per heavy atom. The van der Waals surface area contributed by atoms with Gasteiger partial charge in [-0.15, -0.1) is 0 Å². The molecule has 1 aliphatic heterocycles. The first-order valence-corrected chi connectivity index (χ1v) is 9.97. The molecule has 2 heterocycles. The van der Waals surface area contributed by atoms with Crippen LogP contribution in [0.3, 0.4) is 0 Å². The van der Waals surface area contributed by atoms with Crippen LogP contribution in [0.1, 0.15) is 43.5 Å². The predicted molar refractivity (Wildman–Crippen MR) is 92.8 cm³/mol. The molecule has 1 saturated carbocycles. The first-order chi connectivity index (χ1) is 10.4. The van der Waals surface area contributed by atoms with Crippen LogP contribution < -0.4 is 0 Å². The molecule has 1 aromatic carbocycles. The van der Waals surface area contributed by atoms with E-state index in [0.29, 0.717) is 0 Å². The minimum atomic E-state index is 0.818. The minimum absolute atomic E-state index is 0.818. The van der Waals surface area contributed by atoms with Crippen LogP contribution in [-0.4, -0.2) is 20.5 Å². The highest BCUT2D eigenvalue weighted by Crippen LogP contribution is 2.40. The Bertz CT molecular complexity index is 589. The summed E-state index contributed by atoms with van der Waals surface area (Å²) in [5, 5.41) is 1.64. The molecule has 2 atom stereocenters. The Hall–Kier alpha value is -0.740. The number of hydrogen-bond acceptors (Lipinski definition) is 4. The van der Waals surface area contributed by atoms with Gasteiger partial charge in [-0.05, 0) is 25.0 Å². The fourth-order valence-electron chi connectivity index (χ4n) is 3.30. The fourth-order valence-corrected chi connectivity index (χ4v) is 6.34. The SMILES string of the molecule is c1ccc2nc3c(nc2c1)CSC1CCCCCC1SC3. The quantitative estimate of drug-likeness (QED) is 0.696. The molecule has 0 radical (unpaired) electrons. The minimum Gasteiger partial charge on any atom is -0.248 e. The zero-order valence-electron chi connectivity index (χ0n) is 12.1. The van der Waals surface area contributed by atoms with E-state index < -0.39 is 0 Å². The lowest BCUT2D eigenvalue weighted by molar-refractivity contribution is 0.704. The maximum Gasteiger partial charge on any atom is 0.0890 e. The summed E-state index contributed by atoms with van der Waals surface area (Å²) in [4.78, 5) is 9.76. The Kier molecular flexibility index (Phi) is 4.08. The van der Waals surface area contributed by atoms with Crippen molar-refractivity contribution in [3.63, 3.8) is 0 Å². The van der Waals surface area contributed by atoms with Crippen molar-refractivity contribution in [2.45, 2.75) is 54.1 Å². The smallest absolute Gasteiger partial charge is 0.0890 e. The number of aromatic nitrogens is 2. The molecule has 2 unspecified atom stereocenters. The van der Waals surface area contributed by atoms with Crippen LogP contribution in [0.25, 0.3) is 11.0 Å². The van der Waals surface area contributed by atoms with Crippen molar-refractivity contribution in [2.24, 2.45) is 0 Å². The van der Waals surface area contributed by atoms with E-state index in [4.69, 9.17) is 9.97 Å². The van der Waals surface area contributed by atoms with E-state index in [1.807, 2.05) is 0 Å². The molecule has 1 aromatic heterocycles. The first-order valence-electron chi connectivity index (χ1n) is 7.88. The van der Waals surface area contributed by atoms with E-state index in [2.05, 4.69) is 47.8 Å². The number of thioether (sulfide) groups is 2. The normalized spacial score (nSPS) is 26.3. The van der Waals surface area contributed by atoms with Gasteiger partial charge in [-0.2, -0.15) is 23.5 Å². The molecule has 2 nitrogen and oxygen atoms in total. The second-order valence-corrected chi connectivity index (χ2v) is 8.40. The molecule has 110 valence electrons. The van der Waals surface area contributed by atoms with Crippen molar-refractivity contribution in [1.82, 2.24) is 9.97 Å². The maximum atomic E-state index is 4.88. The molecule has 1 aliphatic carbocycles. The van der Waals surface area contributed by atoms with Gasteiger partial charge < -0.3 is 0 Å². The Balaban J connectivity index is 1.67. The highest BCUT2D eigenvalue weighted by atomic mass is 32.2. The van der Waals surface area contributed by atoms with E-state index >= 15 is 0 Å². The van der Waals surface area contributed by atoms with Crippen LogP contribution in [-0.2, 0) is 11.5 Å². The average molecular weight is 316 g/mol. The molecule has 0 amide bonds. The van der Waals surface area contributed by atoms with Gasteiger partial charge in [0, 0.05) is 22.0 Å². The van der Waals surface area contributed by atoms with Gasteiger partial charge in [0.05, 0.1) is 22.4 Å². The molecule has 21 heavy (non-hydrogen) atoms. The van der Waals surface area contributed by atoms with Crippen molar-refractivity contribution in [3.05, 3.63) is 35.7 Å². The van der Waals surface area contributed by atoms with Crippen LogP contribution in [0.4, 0.5) is 0 Å². The molecule has 0 bridgehead atoms. The fraction of sp³-hybridized carbons (Fsp3) is 0.529. The third-order valence-corrected chi connectivity index (χ3v) is 7.52. The Morgan fingerprint density at radius 1 is 0.762 bits per heavy atom. The van der Waals surface area contributed by atoms with Crippen LogP contribution in [0, 0.1) is 0 Å². The summed E-state index contributed by atoms with van der Waals surface area (Å²) >= 11 is 4.25. The molecular weight excluding hydrogens is 296 g/mol. The van der Waals surface area contributed by atoms with Gasteiger partial charge in [0.1, 0.15) is 0 Å². The largest absolute Gasteiger partial charge is 0.248 e. The van der Waals surface area contributed by atoms with Gasteiger partial charge in [-0.1, -0.05) is 31.4 Å². The molecular formula is C17H20N2S2. The summed E-state index contributed by atoms with van der Waals surface area (Å²) in [5.74, 6) is 2.07. The van der Waals surface area contributed by atoms with Gasteiger partial charge >= 0.3 is 0 Å². The van der Waals surface area contributed by atoms with Crippen molar-refractivity contribution < 1.29 is 0 Å². The van der Waals surface area contributed by atoms with Crippen LogP contribution in [0.2, 0.25) is 0 Å². The van der Waals surface area contributed by atoms with Crippen molar-refractivity contribution in [3.8, 4) is 0 Å². The molecule has 2 aromatic rings. The van der Waals surface area contributed by atoms with E-state index in [9.17, 15) is 0 Å². The monoisotopic (exact) mass is 316 g/mol. The van der Waals surface area contributed by atoms with E-state index in [1.165, 1.54) is 43.5 Å². The molecule has 4 heteroatoms. The van der Waals surface area contributed by atoms with E-state index in [0.717, 1.165) is 33.0 Å². The number of hydrogen-bond donors (Lipinski definition) is 0. The van der Waals surface area contributed by atoms with Crippen LogP contribution in [0.15, 0.2) is 24.3 Å². The lowest BCUT2D eigenvalue weighted by atomic mass is 10.2. The summed E-state index contributed by atoms with van der Waals surface area (Å²) in [6, 6.07) is 8.26. The first kappa shape index (κ1) is 13.9. The zero-order valence-corrected chi connectivity index (χ0v) is 13.8. The lowest BCUT2D eigenvalue weighted by Crippen LogP contribution is -2.21. The molecule has 2 aliphatic rings. The summed E-state index contributed by atoms with van der Waals surface area (Å²) in [6.45, 7) is 0. The standard InChI is InChI=1S/C17H20N2S2/c1-2-8-16-17(9-3-1)21-11-15-14(10-20-16)18-12-6-4-5-7-13(12)19-15/h4-7,16-17H,1-3,8-11H2. The number of fused-ring (bicyclic) bond motifs is 3. The number of benzene rings is 1. The van der Waals surface area contributed by atoms with Crippen LogP contribution >= 0.6 is 23.5 Å². The molecule has 0 spiro atoms. The van der Waals surface area contributed by atoms with Gasteiger partial charge in [-0.3, -0.25) is 0 Å². The van der Waals surface area contributed by atoms with Gasteiger partial charge in [-0.25, -0.2) is 9.97 Å². The molecule has 0 N–H and O–H groups in total. The second-order valence-electron chi connectivity index (χ2n) is 5.94. The predicted octanol–water partition coefficient (Wildman–Crippen LogP) is 4.81. The summed E-state index contributed by atoms with van der Waals surface area (Å²) < 4.78 is 0. The number of rotatable bonds is 0. The summed E-state index contributed by atoms with van der Waals surface area (Å²) in [7, 11) is 0. The third-order valence-electron chi connectivity index (χ3n) is 4.49. The van der Waals surface area contributed by atoms with Gasteiger partial charge in [0.2, 0.25) is 0 Å². The van der Waals surface area contributed by atoms with E-state index in [-0.39, 0.29) is 0 Å². The molecule has 4 rings (SSSR count). The summed E-state index contributed by atoms with van der Waals surface area (Å²) in [5.41, 5.74) is 4.52. The summed E-state index contributed by atoms with van der Waals surface area (Å²) in [6.07, 6.45) is 7.01. The van der Waals surface area contributed by atoms with Gasteiger partial charge in [0.25, 0.3) is 0 Å².